The number of ketones is 1. The van der Waals surface area contributed by atoms with Gasteiger partial charge in [0.05, 0.1) is 4.92 Å². The Morgan fingerprint density at radius 3 is 1.61 bits per heavy atom. The van der Waals surface area contributed by atoms with Gasteiger partial charge in [0, 0.05) is 27.8 Å². The quantitative estimate of drug-likeness (QED) is 0.133. The fourth-order valence-electron chi connectivity index (χ4n) is 2.67. The molecule has 33 heavy (non-hydrogen) atoms. The van der Waals surface area contributed by atoms with Gasteiger partial charge in [-0.25, -0.2) is 9.05 Å². The van der Waals surface area contributed by atoms with Crippen molar-refractivity contribution in [2.45, 2.75) is 0 Å². The lowest BCUT2D eigenvalue weighted by molar-refractivity contribution is -0.384. The minimum atomic E-state index is -2.18. The molecule has 0 fully saturated rings. The first-order valence-electron chi connectivity index (χ1n) is 9.80. The molecule has 0 atom stereocenters. The van der Waals surface area contributed by atoms with Gasteiger partial charge < -0.3 is 0 Å². The van der Waals surface area contributed by atoms with E-state index in [0.717, 1.165) is 0 Å². The highest BCUT2D eigenvalue weighted by molar-refractivity contribution is 7.34. The first-order chi connectivity index (χ1) is 16.0. The SMILES string of the molecule is O=C(c1ccccc1)c1cccc([N+](=O)[O-])c1.O=[P+](Oc1ccccc1)Oc1ccccc1. The summed E-state index contributed by atoms with van der Waals surface area (Å²) in [5.41, 5.74) is 0.769. The van der Waals surface area contributed by atoms with Crippen molar-refractivity contribution in [2.75, 3.05) is 0 Å². The standard InChI is InChI=1S/C13H9NO3.C12H10O3P/c15-13(10-5-2-1-3-6-10)11-7-4-8-12(9-11)14(16)17;13-16(14-11-7-3-1-4-8-11)15-12-9-5-2-6-10-12/h1-9H;1-10H/q;+1. The minimum absolute atomic E-state index is 0.0771. The smallest absolute Gasteiger partial charge is 0.289 e. The van der Waals surface area contributed by atoms with Crippen molar-refractivity contribution in [3.63, 3.8) is 0 Å². The molecule has 0 aromatic heterocycles. The number of nitrogens with zero attached hydrogens (tertiary/aromatic N) is 1. The first-order valence-corrected chi connectivity index (χ1v) is 10.9. The number of rotatable bonds is 7. The molecule has 8 heteroatoms. The van der Waals surface area contributed by atoms with Gasteiger partial charge in [-0.05, 0) is 24.3 Å². The van der Waals surface area contributed by atoms with E-state index in [-0.39, 0.29) is 11.5 Å². The van der Waals surface area contributed by atoms with Gasteiger partial charge in [0.15, 0.2) is 17.3 Å². The van der Waals surface area contributed by atoms with Crippen LogP contribution in [0, 0.1) is 10.1 Å². The summed E-state index contributed by atoms with van der Waals surface area (Å²) in [7, 11) is -2.18. The number of para-hydroxylation sites is 2. The summed E-state index contributed by atoms with van der Waals surface area (Å²) in [6.45, 7) is 0. The molecule has 0 saturated carbocycles. The van der Waals surface area contributed by atoms with Crippen LogP contribution < -0.4 is 9.05 Å². The molecule has 0 N–H and O–H groups in total. The van der Waals surface area contributed by atoms with Crippen LogP contribution in [0.5, 0.6) is 11.5 Å². The molecule has 0 heterocycles. The molecule has 4 rings (SSSR count). The van der Waals surface area contributed by atoms with Gasteiger partial charge in [-0.1, -0.05) is 78.9 Å². The Labute approximate surface area is 191 Å². The molecule has 4 aromatic rings. The van der Waals surface area contributed by atoms with E-state index in [9.17, 15) is 19.5 Å². The summed E-state index contributed by atoms with van der Waals surface area (Å²) in [4.78, 5) is 22.1. The van der Waals surface area contributed by atoms with Crippen LogP contribution in [0.1, 0.15) is 15.9 Å². The normalized spacial score (nSPS) is 9.70. The fraction of sp³-hybridized carbons (Fsp3) is 0. The first kappa shape index (κ1) is 23.3. The molecule has 0 unspecified atom stereocenters. The molecule has 0 radical (unpaired) electrons. The Hall–Kier alpha value is -4.35. The number of hydrogen-bond donors (Lipinski definition) is 0. The van der Waals surface area contributed by atoms with Crippen molar-refractivity contribution in [1.82, 2.24) is 0 Å². The van der Waals surface area contributed by atoms with Crippen LogP contribution in [0.25, 0.3) is 0 Å². The van der Waals surface area contributed by atoms with Gasteiger partial charge in [-0.15, -0.1) is 0 Å². The van der Waals surface area contributed by atoms with Gasteiger partial charge in [0.1, 0.15) is 0 Å². The van der Waals surface area contributed by atoms with E-state index in [1.807, 2.05) is 18.2 Å². The lowest BCUT2D eigenvalue weighted by Crippen LogP contribution is -2.01. The van der Waals surface area contributed by atoms with E-state index in [2.05, 4.69) is 0 Å². The van der Waals surface area contributed by atoms with Crippen molar-refractivity contribution in [3.8, 4) is 11.5 Å². The molecule has 0 aliphatic heterocycles. The highest BCUT2D eigenvalue weighted by Gasteiger charge is 2.23. The Balaban J connectivity index is 0.000000186. The van der Waals surface area contributed by atoms with Crippen LogP contribution in [-0.4, -0.2) is 10.7 Å². The monoisotopic (exact) mass is 460 g/mol. The van der Waals surface area contributed by atoms with E-state index in [1.165, 1.54) is 18.2 Å². The maximum Gasteiger partial charge on any atom is 0.805 e. The lowest BCUT2D eigenvalue weighted by atomic mass is 10.0. The number of hydrogen-bond acceptors (Lipinski definition) is 6. The molecule has 4 aromatic carbocycles. The van der Waals surface area contributed by atoms with Crippen LogP contribution in [0.3, 0.4) is 0 Å². The molecular weight excluding hydrogens is 441 g/mol. The largest absolute Gasteiger partial charge is 0.805 e. The summed E-state index contributed by atoms with van der Waals surface area (Å²) >= 11 is 0. The topological polar surface area (TPSA) is 95.7 Å². The van der Waals surface area contributed by atoms with Crippen molar-refractivity contribution < 1.29 is 23.3 Å². The third kappa shape index (κ3) is 7.38. The van der Waals surface area contributed by atoms with Gasteiger partial charge in [0.25, 0.3) is 5.69 Å². The number of non-ortho nitro benzene ring substituents is 1. The second kappa shape index (κ2) is 11.9. The molecule has 0 aliphatic carbocycles. The maximum absolute atomic E-state index is 12.0. The number of nitro benzene ring substituents is 1. The molecule has 0 amide bonds. The van der Waals surface area contributed by atoms with Crippen LogP contribution in [0.15, 0.2) is 115 Å². The number of nitro groups is 1. The van der Waals surface area contributed by atoms with E-state index in [0.29, 0.717) is 22.6 Å². The zero-order chi connectivity index (χ0) is 23.5. The molecule has 0 saturated heterocycles. The predicted octanol–water partition coefficient (Wildman–Crippen LogP) is 6.63. The molecule has 0 bridgehead atoms. The minimum Gasteiger partial charge on any atom is -0.289 e. The molecule has 0 spiro atoms. The second-order valence-corrected chi connectivity index (χ2v) is 7.35. The van der Waals surface area contributed by atoms with Crippen LogP contribution >= 0.6 is 8.25 Å². The predicted molar refractivity (Wildman–Crippen MR) is 125 cm³/mol. The van der Waals surface area contributed by atoms with Gasteiger partial charge in [-0.3, -0.25) is 14.9 Å². The average molecular weight is 460 g/mol. The lowest BCUT2D eigenvalue weighted by Gasteiger charge is -2.00. The van der Waals surface area contributed by atoms with Crippen molar-refractivity contribution in [1.29, 1.82) is 0 Å². The third-order valence-electron chi connectivity index (χ3n) is 4.20. The van der Waals surface area contributed by atoms with E-state index in [1.54, 1.807) is 78.9 Å². The fourth-order valence-corrected chi connectivity index (χ4v) is 3.30. The van der Waals surface area contributed by atoms with E-state index < -0.39 is 13.2 Å². The number of carbonyl (C=O) groups is 1. The molecular formula is C25H19NO6P+. The summed E-state index contributed by atoms with van der Waals surface area (Å²) in [5, 5.41) is 10.6. The Kier molecular flexibility index (Phi) is 8.40. The summed E-state index contributed by atoms with van der Waals surface area (Å²) in [6, 6.07) is 32.3. The second-order valence-electron chi connectivity index (χ2n) is 6.53. The van der Waals surface area contributed by atoms with Crippen LogP contribution in [-0.2, 0) is 4.57 Å². The summed E-state index contributed by atoms with van der Waals surface area (Å²) < 4.78 is 21.7. The molecule has 0 aliphatic rings. The highest BCUT2D eigenvalue weighted by atomic mass is 31.1. The summed E-state index contributed by atoms with van der Waals surface area (Å²) in [6.07, 6.45) is 0. The Bertz CT molecular complexity index is 1170. The maximum atomic E-state index is 12.0. The van der Waals surface area contributed by atoms with Gasteiger partial charge in [-0.2, -0.15) is 0 Å². The number of carbonyl (C=O) groups excluding carboxylic acids is 1. The molecule has 7 nitrogen and oxygen atoms in total. The third-order valence-corrected chi connectivity index (χ3v) is 4.92. The highest BCUT2D eigenvalue weighted by Crippen LogP contribution is 2.29. The van der Waals surface area contributed by atoms with Crippen LogP contribution in [0.4, 0.5) is 5.69 Å². The van der Waals surface area contributed by atoms with Crippen molar-refractivity contribution in [2.24, 2.45) is 0 Å². The number of benzene rings is 4. The van der Waals surface area contributed by atoms with Gasteiger partial charge in [0.2, 0.25) is 0 Å². The Morgan fingerprint density at radius 1 is 0.667 bits per heavy atom. The molecule has 164 valence electrons. The Morgan fingerprint density at radius 2 is 1.12 bits per heavy atom. The van der Waals surface area contributed by atoms with Crippen LogP contribution in [0.2, 0.25) is 0 Å². The van der Waals surface area contributed by atoms with Gasteiger partial charge >= 0.3 is 8.25 Å². The van der Waals surface area contributed by atoms with Crippen molar-refractivity contribution in [3.05, 3.63) is 137 Å². The van der Waals surface area contributed by atoms with E-state index in [4.69, 9.17) is 9.05 Å². The summed E-state index contributed by atoms with van der Waals surface area (Å²) in [5.74, 6) is 0.841. The van der Waals surface area contributed by atoms with Crippen molar-refractivity contribution >= 4 is 19.7 Å². The van der Waals surface area contributed by atoms with E-state index >= 15 is 0 Å². The average Bonchev–Trinajstić information content (AvgIpc) is 2.86. The zero-order valence-corrected chi connectivity index (χ0v) is 18.2. The zero-order valence-electron chi connectivity index (χ0n) is 17.3.